The van der Waals surface area contributed by atoms with Gasteiger partial charge in [0.15, 0.2) is 0 Å². The van der Waals surface area contributed by atoms with Crippen molar-refractivity contribution in [3.05, 3.63) is 33.9 Å². The zero-order chi connectivity index (χ0) is 13.4. The predicted octanol–water partition coefficient (Wildman–Crippen LogP) is 4.83. The van der Waals surface area contributed by atoms with Gasteiger partial charge >= 0.3 is 0 Å². The van der Waals surface area contributed by atoms with Gasteiger partial charge in [-0.1, -0.05) is 32.8 Å². The topological polar surface area (TPSA) is 43.1 Å². The molecule has 0 bridgehead atoms. The summed E-state index contributed by atoms with van der Waals surface area (Å²) in [5.41, 5.74) is 1.34. The second kappa shape index (κ2) is 8.14. The Hall–Kier alpha value is -1.03. The van der Waals surface area contributed by atoms with E-state index in [9.17, 15) is 10.1 Å². The van der Waals surface area contributed by atoms with Gasteiger partial charge in [0.1, 0.15) is 0 Å². The quantitative estimate of drug-likeness (QED) is 0.293. The summed E-state index contributed by atoms with van der Waals surface area (Å²) in [6, 6.07) is 5.67. The van der Waals surface area contributed by atoms with Crippen molar-refractivity contribution in [1.82, 2.24) is 0 Å². The first-order valence-electron chi connectivity index (χ1n) is 6.59. The van der Waals surface area contributed by atoms with E-state index in [4.69, 9.17) is 0 Å². The lowest BCUT2D eigenvalue weighted by Gasteiger charge is -2.05. The second-order valence-corrected chi connectivity index (χ2v) is 5.50. The molecule has 0 radical (unpaired) electrons. The van der Waals surface area contributed by atoms with Crippen molar-refractivity contribution in [1.29, 1.82) is 0 Å². The lowest BCUT2D eigenvalue weighted by molar-refractivity contribution is -0.387. The Labute approximate surface area is 113 Å². The minimum atomic E-state index is -0.260. The lowest BCUT2D eigenvalue weighted by Crippen LogP contribution is -1.94. The smallest absolute Gasteiger partial charge is 0.258 e. The molecule has 1 rings (SSSR count). The van der Waals surface area contributed by atoms with Gasteiger partial charge in [-0.3, -0.25) is 10.1 Å². The molecule has 1 aromatic rings. The molecule has 0 aromatic heterocycles. The van der Waals surface area contributed by atoms with Crippen LogP contribution in [-0.4, -0.2) is 10.7 Å². The van der Waals surface area contributed by atoms with Gasteiger partial charge in [0.25, 0.3) is 5.69 Å². The van der Waals surface area contributed by atoms with E-state index in [1.165, 1.54) is 0 Å². The molecule has 0 amide bonds. The third-order valence-corrected chi connectivity index (χ3v) is 3.94. The summed E-state index contributed by atoms with van der Waals surface area (Å²) in [6.45, 7) is 4.26. The van der Waals surface area contributed by atoms with Crippen LogP contribution in [0, 0.1) is 10.1 Å². The zero-order valence-electron chi connectivity index (χ0n) is 11.1. The molecule has 1 aromatic carbocycles. The molecule has 0 saturated carbocycles. The highest BCUT2D eigenvalue weighted by molar-refractivity contribution is 7.99. The van der Waals surface area contributed by atoms with E-state index in [-0.39, 0.29) is 10.6 Å². The molecule has 0 N–H and O–H groups in total. The van der Waals surface area contributed by atoms with E-state index in [1.54, 1.807) is 17.8 Å². The van der Waals surface area contributed by atoms with E-state index in [2.05, 4.69) is 13.8 Å². The van der Waals surface area contributed by atoms with Crippen LogP contribution in [0.5, 0.6) is 0 Å². The molecule has 0 fully saturated rings. The number of aryl methyl sites for hydroxylation is 1. The SMILES string of the molecule is CCCCSc1ccc(CCCC)cc1[N+](=O)[O-]. The number of hydrogen-bond acceptors (Lipinski definition) is 3. The van der Waals surface area contributed by atoms with Gasteiger partial charge in [0, 0.05) is 6.07 Å². The monoisotopic (exact) mass is 267 g/mol. The van der Waals surface area contributed by atoms with Crippen molar-refractivity contribution in [2.75, 3.05) is 5.75 Å². The van der Waals surface area contributed by atoms with Gasteiger partial charge in [0.05, 0.1) is 9.82 Å². The van der Waals surface area contributed by atoms with Gasteiger partial charge in [0.2, 0.25) is 0 Å². The summed E-state index contributed by atoms with van der Waals surface area (Å²) < 4.78 is 0. The predicted molar refractivity (Wildman–Crippen MR) is 77.3 cm³/mol. The molecule has 0 spiro atoms. The summed E-state index contributed by atoms with van der Waals surface area (Å²) in [5.74, 6) is 0.950. The van der Waals surface area contributed by atoms with Crippen LogP contribution in [0.2, 0.25) is 0 Å². The molecule has 0 saturated heterocycles. The van der Waals surface area contributed by atoms with Crippen LogP contribution in [-0.2, 0) is 6.42 Å². The van der Waals surface area contributed by atoms with Crippen molar-refractivity contribution in [3.63, 3.8) is 0 Å². The van der Waals surface area contributed by atoms with Crippen LogP contribution < -0.4 is 0 Å². The van der Waals surface area contributed by atoms with Crippen LogP contribution in [0.1, 0.15) is 45.1 Å². The minimum absolute atomic E-state index is 0.260. The second-order valence-electron chi connectivity index (χ2n) is 4.36. The van der Waals surface area contributed by atoms with Crippen molar-refractivity contribution < 1.29 is 4.92 Å². The fourth-order valence-corrected chi connectivity index (χ4v) is 2.79. The highest BCUT2D eigenvalue weighted by atomic mass is 32.2. The van der Waals surface area contributed by atoms with Crippen LogP contribution in [0.25, 0.3) is 0 Å². The van der Waals surface area contributed by atoms with E-state index in [0.29, 0.717) is 0 Å². The summed E-state index contributed by atoms with van der Waals surface area (Å²) in [4.78, 5) is 11.6. The number of nitro benzene ring substituents is 1. The standard InChI is InChI=1S/C14H21NO2S/c1-3-5-7-12-8-9-14(18-10-6-4-2)13(11-12)15(16)17/h8-9,11H,3-7,10H2,1-2H3. The molecular formula is C14H21NO2S. The number of thioether (sulfide) groups is 1. The average molecular weight is 267 g/mol. The first kappa shape index (κ1) is 15.0. The molecular weight excluding hydrogens is 246 g/mol. The molecule has 0 heterocycles. The van der Waals surface area contributed by atoms with Gasteiger partial charge in [-0.15, -0.1) is 11.8 Å². The maximum absolute atomic E-state index is 11.1. The number of benzene rings is 1. The maximum atomic E-state index is 11.1. The summed E-state index contributed by atoms with van der Waals surface area (Å²) in [5, 5.41) is 11.1. The van der Waals surface area contributed by atoms with E-state index in [1.807, 2.05) is 12.1 Å². The third-order valence-electron chi connectivity index (χ3n) is 2.79. The highest BCUT2D eigenvalue weighted by Gasteiger charge is 2.14. The zero-order valence-corrected chi connectivity index (χ0v) is 12.0. The normalized spacial score (nSPS) is 10.6. The Morgan fingerprint density at radius 3 is 2.56 bits per heavy atom. The number of rotatable bonds is 8. The fourth-order valence-electron chi connectivity index (χ4n) is 1.69. The number of hydrogen-bond donors (Lipinski definition) is 0. The average Bonchev–Trinajstić information content (AvgIpc) is 2.37. The Morgan fingerprint density at radius 2 is 1.94 bits per heavy atom. The molecule has 100 valence electrons. The molecule has 18 heavy (non-hydrogen) atoms. The number of nitrogens with zero attached hydrogens (tertiary/aromatic N) is 1. The van der Waals surface area contributed by atoms with Crippen LogP contribution in [0.4, 0.5) is 5.69 Å². The Bertz CT molecular complexity index is 393. The molecule has 0 atom stereocenters. The molecule has 0 aliphatic carbocycles. The fraction of sp³-hybridized carbons (Fsp3) is 0.571. The van der Waals surface area contributed by atoms with Crippen LogP contribution in [0.3, 0.4) is 0 Å². The summed E-state index contributed by atoms with van der Waals surface area (Å²) >= 11 is 1.59. The van der Waals surface area contributed by atoms with E-state index < -0.39 is 0 Å². The van der Waals surface area contributed by atoms with Gasteiger partial charge < -0.3 is 0 Å². The van der Waals surface area contributed by atoms with Crippen molar-refractivity contribution in [2.45, 2.75) is 50.8 Å². The van der Waals surface area contributed by atoms with Crippen LogP contribution in [0.15, 0.2) is 23.1 Å². The van der Waals surface area contributed by atoms with Crippen LogP contribution >= 0.6 is 11.8 Å². The molecule has 0 aliphatic rings. The molecule has 4 heteroatoms. The van der Waals surface area contributed by atoms with Crippen molar-refractivity contribution in [3.8, 4) is 0 Å². The van der Waals surface area contributed by atoms with E-state index in [0.717, 1.165) is 48.3 Å². The summed E-state index contributed by atoms with van der Waals surface area (Å²) in [6.07, 6.45) is 5.34. The Balaban J connectivity index is 2.80. The van der Waals surface area contributed by atoms with Crippen molar-refractivity contribution >= 4 is 17.4 Å². The first-order valence-corrected chi connectivity index (χ1v) is 7.57. The van der Waals surface area contributed by atoms with E-state index >= 15 is 0 Å². The van der Waals surface area contributed by atoms with Crippen molar-refractivity contribution in [2.24, 2.45) is 0 Å². The first-order chi connectivity index (χ1) is 8.69. The third kappa shape index (κ3) is 4.69. The van der Waals surface area contributed by atoms with Gasteiger partial charge in [-0.05, 0) is 36.6 Å². The lowest BCUT2D eigenvalue weighted by atomic mass is 10.1. The Kier molecular flexibility index (Phi) is 6.80. The molecule has 0 aliphatic heterocycles. The molecule has 0 unspecified atom stereocenters. The minimum Gasteiger partial charge on any atom is -0.258 e. The Morgan fingerprint density at radius 1 is 1.22 bits per heavy atom. The highest BCUT2D eigenvalue weighted by Crippen LogP contribution is 2.31. The summed E-state index contributed by atoms with van der Waals surface area (Å²) in [7, 11) is 0. The number of nitro groups is 1. The maximum Gasteiger partial charge on any atom is 0.283 e. The largest absolute Gasteiger partial charge is 0.283 e. The number of unbranched alkanes of at least 4 members (excludes halogenated alkanes) is 2. The van der Waals surface area contributed by atoms with Gasteiger partial charge in [-0.2, -0.15) is 0 Å². The molecule has 3 nitrogen and oxygen atoms in total. The van der Waals surface area contributed by atoms with Gasteiger partial charge in [-0.25, -0.2) is 0 Å².